The minimum absolute atomic E-state index is 0.0975. The predicted molar refractivity (Wildman–Crippen MR) is 80.3 cm³/mol. The fourth-order valence-electron chi connectivity index (χ4n) is 1.98. The number of amides is 1. The van der Waals surface area contributed by atoms with E-state index in [1.54, 1.807) is 30.3 Å². The molecule has 0 saturated carbocycles. The first kappa shape index (κ1) is 14.8. The average molecular weight is 283 g/mol. The molecule has 2 rings (SSSR count). The number of benzene rings is 2. The van der Waals surface area contributed by atoms with E-state index in [2.05, 4.69) is 10.1 Å². The van der Waals surface area contributed by atoms with Crippen molar-refractivity contribution >= 4 is 11.9 Å². The highest BCUT2D eigenvalue weighted by molar-refractivity contribution is 5.94. The van der Waals surface area contributed by atoms with Crippen molar-refractivity contribution in [3.63, 3.8) is 0 Å². The van der Waals surface area contributed by atoms with Gasteiger partial charge >= 0.3 is 5.97 Å². The van der Waals surface area contributed by atoms with Crippen LogP contribution in [0.15, 0.2) is 54.6 Å². The summed E-state index contributed by atoms with van der Waals surface area (Å²) in [6, 6.07) is 16.3. The SMILES string of the molecule is COC(=O)c1cccc(CCNC(=O)c2ccccc2)c1. The third kappa shape index (κ3) is 4.18. The Labute approximate surface area is 123 Å². The molecule has 0 fully saturated rings. The molecule has 0 radical (unpaired) electrons. The highest BCUT2D eigenvalue weighted by atomic mass is 16.5. The fourth-order valence-corrected chi connectivity index (χ4v) is 1.98. The smallest absolute Gasteiger partial charge is 0.337 e. The van der Waals surface area contributed by atoms with Crippen molar-refractivity contribution in [2.45, 2.75) is 6.42 Å². The molecule has 0 unspecified atom stereocenters. The lowest BCUT2D eigenvalue weighted by Gasteiger charge is -2.06. The molecule has 2 aromatic carbocycles. The van der Waals surface area contributed by atoms with Crippen LogP contribution in [0, 0.1) is 0 Å². The molecule has 2 aromatic rings. The largest absolute Gasteiger partial charge is 0.465 e. The summed E-state index contributed by atoms with van der Waals surface area (Å²) in [7, 11) is 1.36. The van der Waals surface area contributed by atoms with Crippen LogP contribution in [0.3, 0.4) is 0 Å². The van der Waals surface area contributed by atoms with Gasteiger partial charge in [0, 0.05) is 12.1 Å². The van der Waals surface area contributed by atoms with E-state index in [1.807, 2.05) is 24.3 Å². The van der Waals surface area contributed by atoms with E-state index in [0.717, 1.165) is 5.56 Å². The Kier molecular flexibility index (Phi) is 5.10. The van der Waals surface area contributed by atoms with Crippen LogP contribution in [0.5, 0.6) is 0 Å². The number of esters is 1. The summed E-state index contributed by atoms with van der Waals surface area (Å²) in [5.41, 5.74) is 2.14. The number of hydrogen-bond acceptors (Lipinski definition) is 3. The first-order valence-electron chi connectivity index (χ1n) is 6.71. The lowest BCUT2D eigenvalue weighted by molar-refractivity contribution is 0.0600. The zero-order valence-electron chi connectivity index (χ0n) is 11.8. The van der Waals surface area contributed by atoms with E-state index in [0.29, 0.717) is 24.1 Å². The number of rotatable bonds is 5. The summed E-state index contributed by atoms with van der Waals surface area (Å²) in [6.07, 6.45) is 0.656. The van der Waals surface area contributed by atoms with Gasteiger partial charge in [0.05, 0.1) is 12.7 Å². The van der Waals surface area contributed by atoms with Crippen LogP contribution in [0.1, 0.15) is 26.3 Å². The Bertz CT molecular complexity index is 623. The quantitative estimate of drug-likeness (QED) is 0.858. The highest BCUT2D eigenvalue weighted by Gasteiger charge is 2.06. The topological polar surface area (TPSA) is 55.4 Å². The van der Waals surface area contributed by atoms with Gasteiger partial charge in [0.25, 0.3) is 5.91 Å². The van der Waals surface area contributed by atoms with Crippen molar-refractivity contribution in [1.29, 1.82) is 0 Å². The normalized spacial score (nSPS) is 9.95. The van der Waals surface area contributed by atoms with Crippen molar-refractivity contribution in [2.75, 3.05) is 13.7 Å². The van der Waals surface area contributed by atoms with Crippen LogP contribution in [0.25, 0.3) is 0 Å². The van der Waals surface area contributed by atoms with Gasteiger partial charge in [0.1, 0.15) is 0 Å². The molecule has 1 amide bonds. The fraction of sp³-hybridized carbons (Fsp3) is 0.176. The van der Waals surface area contributed by atoms with Gasteiger partial charge in [0.15, 0.2) is 0 Å². The highest BCUT2D eigenvalue weighted by Crippen LogP contribution is 2.07. The van der Waals surface area contributed by atoms with Crippen molar-refractivity contribution in [3.05, 3.63) is 71.3 Å². The maximum Gasteiger partial charge on any atom is 0.337 e. The van der Waals surface area contributed by atoms with Gasteiger partial charge in [-0.1, -0.05) is 30.3 Å². The third-order valence-electron chi connectivity index (χ3n) is 3.08. The molecule has 4 heteroatoms. The molecular formula is C17H17NO3. The molecule has 0 atom stereocenters. The summed E-state index contributed by atoms with van der Waals surface area (Å²) >= 11 is 0. The second kappa shape index (κ2) is 7.24. The maximum absolute atomic E-state index is 11.9. The summed E-state index contributed by atoms with van der Waals surface area (Å²) in [6.45, 7) is 0.512. The number of hydrogen-bond donors (Lipinski definition) is 1. The molecule has 108 valence electrons. The Hall–Kier alpha value is -2.62. The third-order valence-corrected chi connectivity index (χ3v) is 3.08. The Morgan fingerprint density at radius 3 is 2.43 bits per heavy atom. The molecule has 4 nitrogen and oxygen atoms in total. The minimum atomic E-state index is -0.356. The molecule has 0 aliphatic carbocycles. The van der Waals surface area contributed by atoms with Crippen LogP contribution >= 0.6 is 0 Å². The van der Waals surface area contributed by atoms with Crippen molar-refractivity contribution in [2.24, 2.45) is 0 Å². The monoisotopic (exact) mass is 283 g/mol. The molecule has 0 aromatic heterocycles. The molecule has 0 saturated heterocycles. The first-order chi connectivity index (χ1) is 10.2. The molecular weight excluding hydrogens is 266 g/mol. The molecule has 0 heterocycles. The van der Waals surface area contributed by atoms with Crippen LogP contribution in [0.4, 0.5) is 0 Å². The van der Waals surface area contributed by atoms with Gasteiger partial charge < -0.3 is 10.1 Å². The second-order valence-corrected chi connectivity index (χ2v) is 4.56. The van der Waals surface area contributed by atoms with Crippen LogP contribution < -0.4 is 5.32 Å². The minimum Gasteiger partial charge on any atom is -0.465 e. The van der Waals surface area contributed by atoms with Crippen LogP contribution in [-0.4, -0.2) is 25.5 Å². The van der Waals surface area contributed by atoms with Gasteiger partial charge in [-0.05, 0) is 36.2 Å². The molecule has 21 heavy (non-hydrogen) atoms. The zero-order chi connectivity index (χ0) is 15.1. The predicted octanol–water partition coefficient (Wildman–Crippen LogP) is 2.45. The second-order valence-electron chi connectivity index (χ2n) is 4.56. The van der Waals surface area contributed by atoms with E-state index >= 15 is 0 Å². The van der Waals surface area contributed by atoms with E-state index in [9.17, 15) is 9.59 Å². The van der Waals surface area contributed by atoms with Crippen LogP contribution in [0.2, 0.25) is 0 Å². The molecule has 0 spiro atoms. The van der Waals surface area contributed by atoms with Gasteiger partial charge in [-0.3, -0.25) is 4.79 Å². The number of nitrogens with one attached hydrogen (secondary N) is 1. The molecule has 0 aliphatic rings. The average Bonchev–Trinajstić information content (AvgIpc) is 2.55. The van der Waals surface area contributed by atoms with Gasteiger partial charge in [-0.25, -0.2) is 4.79 Å². The van der Waals surface area contributed by atoms with Gasteiger partial charge in [0.2, 0.25) is 0 Å². The van der Waals surface area contributed by atoms with E-state index < -0.39 is 0 Å². The van der Waals surface area contributed by atoms with E-state index in [-0.39, 0.29) is 11.9 Å². The van der Waals surface area contributed by atoms with Gasteiger partial charge in [-0.15, -0.1) is 0 Å². The maximum atomic E-state index is 11.9. The standard InChI is InChI=1S/C17H17NO3/c1-21-17(20)15-9-5-6-13(12-15)10-11-18-16(19)14-7-3-2-4-8-14/h2-9,12H,10-11H2,1H3,(H,18,19). The first-order valence-corrected chi connectivity index (χ1v) is 6.71. The molecule has 1 N–H and O–H groups in total. The van der Waals surface area contributed by atoms with Crippen molar-refractivity contribution in [1.82, 2.24) is 5.32 Å². The Morgan fingerprint density at radius 1 is 1.00 bits per heavy atom. The zero-order valence-corrected chi connectivity index (χ0v) is 11.8. The van der Waals surface area contributed by atoms with Crippen molar-refractivity contribution in [3.8, 4) is 0 Å². The number of methoxy groups -OCH3 is 1. The van der Waals surface area contributed by atoms with E-state index in [1.165, 1.54) is 7.11 Å². The van der Waals surface area contributed by atoms with Gasteiger partial charge in [-0.2, -0.15) is 0 Å². The Morgan fingerprint density at radius 2 is 1.71 bits per heavy atom. The van der Waals surface area contributed by atoms with Crippen molar-refractivity contribution < 1.29 is 14.3 Å². The number of ether oxygens (including phenoxy) is 1. The summed E-state index contributed by atoms with van der Waals surface area (Å²) in [5, 5.41) is 2.85. The summed E-state index contributed by atoms with van der Waals surface area (Å²) in [4.78, 5) is 23.3. The number of carbonyl (C=O) groups is 2. The van der Waals surface area contributed by atoms with E-state index in [4.69, 9.17) is 0 Å². The molecule has 0 bridgehead atoms. The van der Waals surface area contributed by atoms with Crippen LogP contribution in [-0.2, 0) is 11.2 Å². The molecule has 0 aliphatic heterocycles. The summed E-state index contributed by atoms with van der Waals surface area (Å²) in [5.74, 6) is -0.454. The number of carbonyl (C=O) groups excluding carboxylic acids is 2. The Balaban J connectivity index is 1.89. The summed E-state index contributed by atoms with van der Waals surface area (Å²) < 4.78 is 4.68. The lowest BCUT2D eigenvalue weighted by atomic mass is 10.1. The lowest BCUT2D eigenvalue weighted by Crippen LogP contribution is -2.25.